The molecule has 0 radical (unpaired) electrons. The lowest BCUT2D eigenvalue weighted by atomic mass is 10.1. The van der Waals surface area contributed by atoms with Crippen molar-refractivity contribution in [2.75, 3.05) is 27.3 Å². The Labute approximate surface area is 172 Å². The van der Waals surface area contributed by atoms with Gasteiger partial charge in [0.25, 0.3) is 5.91 Å². The molecular formula is C21H32N2O6. The van der Waals surface area contributed by atoms with E-state index in [-0.39, 0.29) is 12.5 Å². The number of carbonyl (C=O) groups excluding carboxylic acids is 2. The number of hydrogen-bond acceptors (Lipinski definition) is 6. The van der Waals surface area contributed by atoms with Gasteiger partial charge in [0, 0.05) is 27.3 Å². The van der Waals surface area contributed by atoms with Gasteiger partial charge in [-0.15, -0.1) is 0 Å². The number of ether oxygens (including phenoxy) is 4. The zero-order valence-electron chi connectivity index (χ0n) is 17.8. The fourth-order valence-electron chi connectivity index (χ4n) is 3.22. The number of nitrogens with one attached hydrogen (secondary N) is 2. The zero-order chi connectivity index (χ0) is 21.4. The molecule has 0 unspecified atom stereocenters. The molecule has 1 aromatic rings. The quantitative estimate of drug-likeness (QED) is 0.679. The van der Waals surface area contributed by atoms with E-state index in [1.165, 1.54) is 14.2 Å². The number of benzene rings is 1. The van der Waals surface area contributed by atoms with Crippen LogP contribution in [0.4, 0.5) is 4.79 Å². The predicted molar refractivity (Wildman–Crippen MR) is 108 cm³/mol. The average molecular weight is 408 g/mol. The molecule has 2 rings (SSSR count). The van der Waals surface area contributed by atoms with Gasteiger partial charge < -0.3 is 29.6 Å². The molecule has 1 aliphatic heterocycles. The minimum atomic E-state index is -0.828. The third-order valence-corrected chi connectivity index (χ3v) is 4.51. The number of hydrogen-bond donors (Lipinski definition) is 2. The summed E-state index contributed by atoms with van der Waals surface area (Å²) in [6, 6.07) is 9.90. The first-order valence-electron chi connectivity index (χ1n) is 9.74. The van der Waals surface area contributed by atoms with Crippen molar-refractivity contribution < 1.29 is 28.5 Å². The van der Waals surface area contributed by atoms with E-state index in [0.717, 1.165) is 5.56 Å². The van der Waals surface area contributed by atoms with Crippen molar-refractivity contribution >= 4 is 12.0 Å². The molecule has 0 spiro atoms. The van der Waals surface area contributed by atoms with Crippen molar-refractivity contribution in [2.45, 2.75) is 57.2 Å². The lowest BCUT2D eigenvalue weighted by molar-refractivity contribution is -0.136. The lowest BCUT2D eigenvalue weighted by Crippen LogP contribution is -2.45. The number of rotatable bonds is 8. The van der Waals surface area contributed by atoms with Crippen molar-refractivity contribution in [1.82, 2.24) is 10.6 Å². The molecule has 4 atom stereocenters. The van der Waals surface area contributed by atoms with Crippen LogP contribution in [-0.2, 0) is 30.2 Å². The summed E-state index contributed by atoms with van der Waals surface area (Å²) in [5.74, 6) is -0.269. The molecule has 1 heterocycles. The maximum atomic E-state index is 12.7. The van der Waals surface area contributed by atoms with Crippen LogP contribution in [0.1, 0.15) is 26.3 Å². The first kappa shape index (κ1) is 23.1. The van der Waals surface area contributed by atoms with Crippen LogP contribution in [0, 0.1) is 0 Å². The fraction of sp³-hybridized carbons (Fsp3) is 0.619. The predicted octanol–water partition coefficient (Wildman–Crippen LogP) is 1.67. The Morgan fingerprint density at radius 1 is 1.03 bits per heavy atom. The van der Waals surface area contributed by atoms with Crippen LogP contribution in [-0.4, -0.2) is 69.3 Å². The van der Waals surface area contributed by atoms with Crippen LogP contribution in [0.25, 0.3) is 0 Å². The Balaban J connectivity index is 1.90. The van der Waals surface area contributed by atoms with Gasteiger partial charge in [0.2, 0.25) is 0 Å². The summed E-state index contributed by atoms with van der Waals surface area (Å²) in [6.07, 6.45) is -2.29. The van der Waals surface area contributed by atoms with E-state index in [1.807, 2.05) is 30.3 Å². The molecule has 162 valence electrons. The van der Waals surface area contributed by atoms with E-state index in [4.69, 9.17) is 18.9 Å². The van der Waals surface area contributed by atoms with Crippen molar-refractivity contribution in [3.05, 3.63) is 35.9 Å². The summed E-state index contributed by atoms with van der Waals surface area (Å²) in [5, 5.41) is 5.55. The van der Waals surface area contributed by atoms with Crippen molar-refractivity contribution in [1.29, 1.82) is 0 Å². The summed E-state index contributed by atoms with van der Waals surface area (Å²) in [7, 11) is 3.03. The van der Waals surface area contributed by atoms with Crippen molar-refractivity contribution in [3.63, 3.8) is 0 Å². The summed E-state index contributed by atoms with van der Waals surface area (Å²) in [6.45, 7) is 5.98. The molecule has 0 aliphatic carbocycles. The third kappa shape index (κ3) is 6.99. The second-order valence-corrected chi connectivity index (χ2v) is 7.91. The first-order chi connectivity index (χ1) is 13.7. The lowest BCUT2D eigenvalue weighted by Gasteiger charge is -2.23. The Kier molecular flexibility index (Phi) is 8.43. The molecule has 1 fully saturated rings. The molecule has 2 N–H and O–H groups in total. The Hall–Kier alpha value is -2.16. The van der Waals surface area contributed by atoms with Gasteiger partial charge in [0.15, 0.2) is 6.10 Å². The number of methoxy groups -OCH3 is 2. The maximum Gasteiger partial charge on any atom is 0.407 e. The Morgan fingerprint density at radius 3 is 2.28 bits per heavy atom. The van der Waals surface area contributed by atoms with E-state index >= 15 is 0 Å². The maximum absolute atomic E-state index is 12.7. The molecule has 1 aliphatic rings. The van der Waals surface area contributed by atoms with Gasteiger partial charge in [-0.05, 0) is 32.8 Å². The van der Waals surface area contributed by atoms with Gasteiger partial charge in [-0.25, -0.2) is 4.79 Å². The fourth-order valence-corrected chi connectivity index (χ4v) is 3.22. The number of carbonyl (C=O) groups is 2. The second kappa shape index (κ2) is 10.6. The normalized spacial score (nSPS) is 24.2. The molecule has 0 aromatic heterocycles. The molecule has 29 heavy (non-hydrogen) atoms. The summed E-state index contributed by atoms with van der Waals surface area (Å²) >= 11 is 0. The molecule has 0 saturated carbocycles. The average Bonchev–Trinajstić information content (AvgIpc) is 3.03. The van der Waals surface area contributed by atoms with Gasteiger partial charge in [-0.3, -0.25) is 4.79 Å². The topological polar surface area (TPSA) is 95.1 Å². The van der Waals surface area contributed by atoms with E-state index in [0.29, 0.717) is 13.0 Å². The molecule has 8 heteroatoms. The van der Waals surface area contributed by atoms with Gasteiger partial charge in [0.05, 0.1) is 0 Å². The van der Waals surface area contributed by atoms with Gasteiger partial charge in [0.1, 0.15) is 23.9 Å². The van der Waals surface area contributed by atoms with Crippen LogP contribution in [0.5, 0.6) is 0 Å². The minimum absolute atomic E-state index is 0.140. The molecule has 0 bridgehead atoms. The molecule has 8 nitrogen and oxygen atoms in total. The Morgan fingerprint density at radius 2 is 1.69 bits per heavy atom. The monoisotopic (exact) mass is 408 g/mol. The minimum Gasteiger partial charge on any atom is -0.444 e. The number of alkyl carbamates (subject to hydrolysis) is 1. The smallest absolute Gasteiger partial charge is 0.407 e. The van der Waals surface area contributed by atoms with E-state index in [2.05, 4.69) is 10.6 Å². The molecule has 2 amide bonds. The summed E-state index contributed by atoms with van der Waals surface area (Å²) in [4.78, 5) is 24.6. The highest BCUT2D eigenvalue weighted by atomic mass is 16.6. The highest BCUT2D eigenvalue weighted by molar-refractivity contribution is 5.82. The van der Waals surface area contributed by atoms with E-state index in [9.17, 15) is 9.59 Å². The second-order valence-electron chi connectivity index (χ2n) is 7.91. The highest BCUT2D eigenvalue weighted by Crippen LogP contribution is 2.26. The summed E-state index contributed by atoms with van der Waals surface area (Å²) in [5.41, 5.74) is 0.537. The van der Waals surface area contributed by atoms with Crippen LogP contribution in [0.15, 0.2) is 30.3 Å². The Bertz CT molecular complexity index is 661. The molecule has 1 aromatic carbocycles. The molecular weight excluding hydrogens is 376 g/mol. The van der Waals surface area contributed by atoms with Gasteiger partial charge >= 0.3 is 6.09 Å². The van der Waals surface area contributed by atoms with Crippen LogP contribution in [0.3, 0.4) is 0 Å². The van der Waals surface area contributed by atoms with Crippen molar-refractivity contribution in [3.8, 4) is 0 Å². The largest absolute Gasteiger partial charge is 0.444 e. The highest BCUT2D eigenvalue weighted by Gasteiger charge is 2.48. The van der Waals surface area contributed by atoms with E-state index < -0.39 is 36.1 Å². The molecule has 1 saturated heterocycles. The zero-order valence-corrected chi connectivity index (χ0v) is 17.8. The van der Waals surface area contributed by atoms with Gasteiger partial charge in [-0.2, -0.15) is 0 Å². The standard InChI is InChI=1S/C21H32N2O6/c1-21(2,3)29-20(25)23-13-15-16(26-4)17(27-5)18(28-15)19(24)22-12-11-14-9-7-6-8-10-14/h6-10,15-18H,11-13H2,1-5H3,(H,22,24)(H,23,25)/t15-,16-,17+,18-/m1/s1. The van der Waals surface area contributed by atoms with Crippen LogP contribution < -0.4 is 10.6 Å². The third-order valence-electron chi connectivity index (χ3n) is 4.51. The SMILES string of the molecule is CO[C@H]1[C@H](OC)[C@H](C(=O)NCCc2ccccc2)O[C@@H]1CNC(=O)OC(C)(C)C. The van der Waals surface area contributed by atoms with Gasteiger partial charge in [-0.1, -0.05) is 30.3 Å². The number of amides is 2. The summed E-state index contributed by atoms with van der Waals surface area (Å²) < 4.78 is 22.1. The van der Waals surface area contributed by atoms with Crippen LogP contribution in [0.2, 0.25) is 0 Å². The van der Waals surface area contributed by atoms with Crippen LogP contribution >= 0.6 is 0 Å². The first-order valence-corrected chi connectivity index (χ1v) is 9.74. The van der Waals surface area contributed by atoms with E-state index in [1.54, 1.807) is 20.8 Å². The van der Waals surface area contributed by atoms with Crippen molar-refractivity contribution in [2.24, 2.45) is 0 Å².